The second-order valence-corrected chi connectivity index (χ2v) is 4.37. The van der Waals surface area contributed by atoms with E-state index < -0.39 is 10.9 Å². The fourth-order valence-electron chi connectivity index (χ4n) is 1.65. The van der Waals surface area contributed by atoms with Gasteiger partial charge >= 0.3 is 5.97 Å². The van der Waals surface area contributed by atoms with Crippen LogP contribution in [-0.2, 0) is 6.54 Å². The molecule has 0 aliphatic heterocycles. The van der Waals surface area contributed by atoms with Gasteiger partial charge in [-0.05, 0) is 6.07 Å². The quantitative estimate of drug-likeness (QED) is 0.642. The predicted molar refractivity (Wildman–Crippen MR) is 74.4 cm³/mol. The number of nitrogens with zero attached hydrogens (tertiary/aromatic N) is 3. The van der Waals surface area contributed by atoms with Crippen molar-refractivity contribution >= 4 is 28.9 Å². The van der Waals surface area contributed by atoms with Crippen molar-refractivity contribution in [3.05, 3.63) is 57.1 Å². The first-order chi connectivity index (χ1) is 9.99. The second-order valence-electron chi connectivity index (χ2n) is 3.97. The Labute approximate surface area is 123 Å². The summed E-state index contributed by atoms with van der Waals surface area (Å²) < 4.78 is 0. The number of carboxylic acids is 1. The van der Waals surface area contributed by atoms with E-state index in [4.69, 9.17) is 16.7 Å². The summed E-state index contributed by atoms with van der Waals surface area (Å²) in [5.41, 5.74) is 0.0670. The third-order valence-corrected chi connectivity index (χ3v) is 2.90. The first-order valence-electron chi connectivity index (χ1n) is 5.69. The number of aromatic carboxylic acids is 1. The molecule has 0 aliphatic carbocycles. The van der Waals surface area contributed by atoms with E-state index in [1.807, 2.05) is 0 Å². The third-order valence-electron chi connectivity index (χ3n) is 2.61. The van der Waals surface area contributed by atoms with Gasteiger partial charge in [-0.15, -0.1) is 0 Å². The SMILES string of the molecule is O=C(O)c1cc([N+](=O)[O-])cc(Cl)c1NCc1ccncn1. The number of rotatable bonds is 5. The van der Waals surface area contributed by atoms with Gasteiger partial charge in [-0.25, -0.2) is 14.8 Å². The molecule has 2 rings (SSSR count). The zero-order chi connectivity index (χ0) is 15.4. The van der Waals surface area contributed by atoms with Gasteiger partial charge in [-0.2, -0.15) is 0 Å². The van der Waals surface area contributed by atoms with Crippen molar-refractivity contribution in [1.82, 2.24) is 9.97 Å². The number of halogens is 1. The molecule has 0 bridgehead atoms. The topological polar surface area (TPSA) is 118 Å². The molecule has 0 aliphatic rings. The highest BCUT2D eigenvalue weighted by atomic mass is 35.5. The van der Waals surface area contributed by atoms with Crippen LogP contribution in [0.3, 0.4) is 0 Å². The molecule has 1 aromatic heterocycles. The monoisotopic (exact) mass is 308 g/mol. The van der Waals surface area contributed by atoms with E-state index in [2.05, 4.69) is 15.3 Å². The van der Waals surface area contributed by atoms with Crippen LogP contribution < -0.4 is 5.32 Å². The normalized spacial score (nSPS) is 10.1. The van der Waals surface area contributed by atoms with Crippen LogP contribution in [0, 0.1) is 10.1 Å². The van der Waals surface area contributed by atoms with Gasteiger partial charge in [0.25, 0.3) is 5.69 Å². The van der Waals surface area contributed by atoms with Crippen LogP contribution in [0.25, 0.3) is 0 Å². The molecule has 8 nitrogen and oxygen atoms in total. The maximum atomic E-state index is 11.2. The molecule has 0 spiro atoms. The maximum Gasteiger partial charge on any atom is 0.338 e. The highest BCUT2D eigenvalue weighted by Gasteiger charge is 2.20. The molecular weight excluding hydrogens is 300 g/mol. The fourth-order valence-corrected chi connectivity index (χ4v) is 1.93. The van der Waals surface area contributed by atoms with E-state index in [-0.39, 0.29) is 28.5 Å². The minimum absolute atomic E-state index is 0.0457. The van der Waals surface area contributed by atoms with Crippen LogP contribution in [0.15, 0.2) is 30.7 Å². The van der Waals surface area contributed by atoms with Crippen molar-refractivity contribution in [3.8, 4) is 0 Å². The molecule has 2 N–H and O–H groups in total. The number of nitro groups is 1. The van der Waals surface area contributed by atoms with Crippen molar-refractivity contribution in [1.29, 1.82) is 0 Å². The number of carbonyl (C=O) groups is 1. The van der Waals surface area contributed by atoms with E-state index in [0.717, 1.165) is 12.1 Å². The van der Waals surface area contributed by atoms with Gasteiger partial charge in [0.2, 0.25) is 0 Å². The van der Waals surface area contributed by atoms with Crippen molar-refractivity contribution < 1.29 is 14.8 Å². The van der Waals surface area contributed by atoms with E-state index in [1.165, 1.54) is 6.33 Å². The Morgan fingerprint density at radius 1 is 1.48 bits per heavy atom. The molecule has 0 saturated carbocycles. The highest BCUT2D eigenvalue weighted by molar-refractivity contribution is 6.34. The van der Waals surface area contributed by atoms with E-state index >= 15 is 0 Å². The fraction of sp³-hybridized carbons (Fsp3) is 0.0833. The van der Waals surface area contributed by atoms with Crippen LogP contribution in [0.5, 0.6) is 0 Å². The molecule has 108 valence electrons. The molecule has 0 unspecified atom stereocenters. The summed E-state index contributed by atoms with van der Waals surface area (Å²) in [6, 6.07) is 3.69. The Kier molecular flexibility index (Phi) is 4.29. The third kappa shape index (κ3) is 3.42. The van der Waals surface area contributed by atoms with Gasteiger partial charge in [-0.3, -0.25) is 10.1 Å². The van der Waals surface area contributed by atoms with Crippen LogP contribution in [-0.4, -0.2) is 26.0 Å². The lowest BCUT2D eigenvalue weighted by atomic mass is 10.1. The molecule has 0 amide bonds. The number of non-ortho nitro benzene ring substituents is 1. The zero-order valence-corrected chi connectivity index (χ0v) is 11.2. The molecule has 9 heteroatoms. The average molecular weight is 309 g/mol. The number of nitrogens with one attached hydrogen (secondary N) is 1. The van der Waals surface area contributed by atoms with Gasteiger partial charge in [0.1, 0.15) is 6.33 Å². The largest absolute Gasteiger partial charge is 0.478 e. The van der Waals surface area contributed by atoms with Crippen molar-refractivity contribution in [2.24, 2.45) is 0 Å². The minimum atomic E-state index is -1.31. The van der Waals surface area contributed by atoms with E-state index in [0.29, 0.717) is 5.69 Å². The van der Waals surface area contributed by atoms with Crippen molar-refractivity contribution in [2.45, 2.75) is 6.54 Å². The van der Waals surface area contributed by atoms with Crippen LogP contribution >= 0.6 is 11.6 Å². The minimum Gasteiger partial charge on any atom is -0.478 e. The summed E-state index contributed by atoms with van der Waals surface area (Å²) in [5.74, 6) is -1.31. The smallest absolute Gasteiger partial charge is 0.338 e. The number of anilines is 1. The number of hydrogen-bond donors (Lipinski definition) is 2. The van der Waals surface area contributed by atoms with Gasteiger partial charge in [-0.1, -0.05) is 11.6 Å². The van der Waals surface area contributed by atoms with Crippen molar-refractivity contribution in [3.63, 3.8) is 0 Å². The van der Waals surface area contributed by atoms with Gasteiger partial charge < -0.3 is 10.4 Å². The van der Waals surface area contributed by atoms with Gasteiger partial charge in [0.05, 0.1) is 33.4 Å². The number of hydrogen-bond acceptors (Lipinski definition) is 6. The predicted octanol–water partition coefficient (Wildman–Crippen LogP) is 2.35. The molecule has 1 heterocycles. The van der Waals surface area contributed by atoms with Crippen LogP contribution in [0.2, 0.25) is 5.02 Å². The lowest BCUT2D eigenvalue weighted by Crippen LogP contribution is -2.09. The summed E-state index contributed by atoms with van der Waals surface area (Å²) in [5, 5.41) is 22.7. The Morgan fingerprint density at radius 2 is 2.24 bits per heavy atom. The molecule has 1 aromatic carbocycles. The molecule has 0 saturated heterocycles. The molecule has 0 radical (unpaired) electrons. The standard InChI is InChI=1S/C12H9ClN4O4/c13-10-4-8(17(20)21)3-9(12(18)19)11(10)15-5-7-1-2-14-6-16-7/h1-4,6,15H,5H2,(H,18,19). The molecule has 0 atom stereocenters. The first-order valence-corrected chi connectivity index (χ1v) is 6.07. The Balaban J connectivity index is 2.34. The number of benzene rings is 1. The second kappa shape index (κ2) is 6.14. The average Bonchev–Trinajstić information content (AvgIpc) is 2.46. The summed E-state index contributed by atoms with van der Waals surface area (Å²) >= 11 is 5.93. The van der Waals surface area contributed by atoms with Crippen LogP contribution in [0.1, 0.15) is 16.1 Å². The van der Waals surface area contributed by atoms with Gasteiger partial charge in [0, 0.05) is 18.3 Å². The summed E-state index contributed by atoms with van der Waals surface area (Å²) in [7, 11) is 0. The van der Waals surface area contributed by atoms with Crippen LogP contribution in [0.4, 0.5) is 11.4 Å². The molecule has 0 fully saturated rings. The maximum absolute atomic E-state index is 11.2. The number of nitro benzene ring substituents is 1. The molecule has 2 aromatic rings. The Morgan fingerprint density at radius 3 is 2.81 bits per heavy atom. The number of carboxylic acid groups (broad SMARTS) is 1. The molecular formula is C12H9ClN4O4. The van der Waals surface area contributed by atoms with Crippen molar-refractivity contribution in [2.75, 3.05) is 5.32 Å². The highest BCUT2D eigenvalue weighted by Crippen LogP contribution is 2.31. The lowest BCUT2D eigenvalue weighted by Gasteiger charge is -2.11. The summed E-state index contributed by atoms with van der Waals surface area (Å²) in [6.45, 7) is 0.209. The summed E-state index contributed by atoms with van der Waals surface area (Å²) in [6.07, 6.45) is 2.89. The lowest BCUT2D eigenvalue weighted by molar-refractivity contribution is -0.384. The molecule has 21 heavy (non-hydrogen) atoms. The van der Waals surface area contributed by atoms with E-state index in [1.54, 1.807) is 12.3 Å². The first kappa shape index (κ1) is 14.7. The van der Waals surface area contributed by atoms with Gasteiger partial charge in [0.15, 0.2) is 0 Å². The summed E-state index contributed by atoms with van der Waals surface area (Å²) in [4.78, 5) is 29.0. The number of aromatic nitrogens is 2. The Bertz CT molecular complexity index is 693. The zero-order valence-electron chi connectivity index (χ0n) is 10.5. The Hall–Kier alpha value is -2.74. The van der Waals surface area contributed by atoms with E-state index in [9.17, 15) is 14.9 Å².